The number of aliphatic hydroxyl groups is 4. The molecule has 5 saturated heterocycles. The largest absolute Gasteiger partial charge is 0.394 e. The average Bonchev–Trinajstić information content (AvgIpc) is 3.03. The first-order valence-electron chi connectivity index (χ1n) is 12.3. The van der Waals surface area contributed by atoms with Gasteiger partial charge in [0.25, 0.3) is 0 Å². The fourth-order valence-electron chi connectivity index (χ4n) is 6.81. The van der Waals surface area contributed by atoms with Crippen molar-refractivity contribution in [2.75, 3.05) is 13.2 Å². The Morgan fingerprint density at radius 2 is 1.70 bits per heavy atom. The summed E-state index contributed by atoms with van der Waals surface area (Å²) in [4.78, 5) is 12.0. The molecule has 1 aliphatic carbocycles. The molecule has 190 valence electrons. The molecule has 6 fully saturated rings. The van der Waals surface area contributed by atoms with E-state index >= 15 is 0 Å². The third-order valence-electron chi connectivity index (χ3n) is 8.83. The van der Waals surface area contributed by atoms with E-state index in [0.29, 0.717) is 18.3 Å². The Morgan fingerprint density at radius 1 is 0.909 bits per heavy atom. The highest BCUT2D eigenvalue weighted by atomic mass is 17.3. The van der Waals surface area contributed by atoms with Crippen molar-refractivity contribution in [3.63, 3.8) is 0 Å². The molecule has 4 N–H and O–H groups in total. The maximum absolute atomic E-state index is 10.2. The summed E-state index contributed by atoms with van der Waals surface area (Å²) in [5.41, 5.74) is -0.609. The van der Waals surface area contributed by atoms with Crippen LogP contribution in [0.15, 0.2) is 0 Å². The first kappa shape index (κ1) is 24.3. The lowest BCUT2D eigenvalue weighted by atomic mass is 9.57. The highest BCUT2D eigenvalue weighted by Gasteiger charge is 2.69. The van der Waals surface area contributed by atoms with Gasteiger partial charge in [0.2, 0.25) is 5.79 Å². The molecular formula is C23H38O10. The lowest BCUT2D eigenvalue weighted by Crippen LogP contribution is -2.70. The smallest absolute Gasteiger partial charge is 0.201 e. The standard InChI is InChI=1S/C23H38O10/c1-11-4-5-14-12(2)15(7-9-28-20-19(27)18(26)17(25)16(10-24)29-20)30-21-23(14)13(11)6-8-22(3,31-21)32-33-23/h11-21,24-27H,4-10H2,1-3H3/t11-,12-,13?,14?,15-,16-,17-,18+,19-,20-,21-,22-,23-/m1/s1. The molecule has 10 heteroatoms. The average molecular weight is 475 g/mol. The Bertz CT molecular complexity index is 707. The zero-order valence-electron chi connectivity index (χ0n) is 19.5. The number of hydrogen-bond acceptors (Lipinski definition) is 10. The fraction of sp³-hybridized carbons (Fsp3) is 1.00. The van der Waals surface area contributed by atoms with Crippen molar-refractivity contribution in [2.45, 2.75) is 107 Å². The molecule has 0 aromatic heterocycles. The van der Waals surface area contributed by atoms with Crippen LogP contribution < -0.4 is 0 Å². The zero-order chi connectivity index (χ0) is 23.5. The minimum absolute atomic E-state index is 0.156. The van der Waals surface area contributed by atoms with Gasteiger partial charge < -0.3 is 39.4 Å². The number of rotatable bonds is 5. The summed E-state index contributed by atoms with van der Waals surface area (Å²) in [6.07, 6.45) is -2.70. The van der Waals surface area contributed by atoms with Gasteiger partial charge in [-0.15, -0.1) is 0 Å². The molecule has 0 aromatic carbocycles. The molecule has 13 atom stereocenters. The van der Waals surface area contributed by atoms with Gasteiger partial charge in [-0.1, -0.05) is 13.8 Å². The van der Waals surface area contributed by atoms with Crippen molar-refractivity contribution >= 4 is 0 Å². The van der Waals surface area contributed by atoms with Crippen LogP contribution in [0.1, 0.15) is 52.9 Å². The first-order valence-corrected chi connectivity index (χ1v) is 12.3. The number of hydrogen-bond donors (Lipinski definition) is 4. The molecule has 10 nitrogen and oxygen atoms in total. The van der Waals surface area contributed by atoms with Gasteiger partial charge in [-0.25, -0.2) is 9.78 Å². The monoisotopic (exact) mass is 474 g/mol. The van der Waals surface area contributed by atoms with Crippen LogP contribution >= 0.6 is 0 Å². The van der Waals surface area contributed by atoms with E-state index in [0.717, 1.165) is 25.7 Å². The molecule has 5 aliphatic heterocycles. The van der Waals surface area contributed by atoms with Gasteiger partial charge in [0.1, 0.15) is 24.4 Å². The molecule has 1 spiro atoms. The molecule has 2 bridgehead atoms. The highest BCUT2D eigenvalue weighted by Crippen LogP contribution is 2.60. The zero-order valence-corrected chi connectivity index (χ0v) is 19.5. The third-order valence-corrected chi connectivity index (χ3v) is 8.83. The molecule has 0 amide bonds. The van der Waals surface area contributed by atoms with Gasteiger partial charge in [0, 0.05) is 12.3 Å². The van der Waals surface area contributed by atoms with Crippen molar-refractivity contribution in [3.05, 3.63) is 0 Å². The minimum Gasteiger partial charge on any atom is -0.394 e. The van der Waals surface area contributed by atoms with E-state index in [2.05, 4.69) is 13.8 Å². The molecular weight excluding hydrogens is 436 g/mol. The second-order valence-electron chi connectivity index (χ2n) is 10.8. The van der Waals surface area contributed by atoms with Gasteiger partial charge in [-0.3, -0.25) is 0 Å². The lowest BCUT2D eigenvalue weighted by molar-refractivity contribution is -0.571. The van der Waals surface area contributed by atoms with E-state index in [9.17, 15) is 20.4 Å². The normalized spacial score (nSPS) is 56.3. The topological polar surface area (TPSA) is 136 Å². The van der Waals surface area contributed by atoms with E-state index < -0.39 is 55.0 Å². The molecule has 6 aliphatic rings. The van der Waals surface area contributed by atoms with Crippen LogP contribution in [0.5, 0.6) is 0 Å². The number of ether oxygens (including phenoxy) is 4. The molecule has 6 rings (SSSR count). The molecule has 33 heavy (non-hydrogen) atoms. The Labute approximate surface area is 194 Å². The van der Waals surface area contributed by atoms with Gasteiger partial charge in [-0.2, -0.15) is 0 Å². The Kier molecular flexibility index (Phi) is 6.57. The molecule has 0 radical (unpaired) electrons. The van der Waals surface area contributed by atoms with E-state index in [1.165, 1.54) is 0 Å². The number of aliphatic hydroxyl groups excluding tert-OH is 4. The number of fused-ring (bicyclic) bond motifs is 2. The summed E-state index contributed by atoms with van der Waals surface area (Å²) in [5.74, 6) is 0.370. The molecule has 1 saturated carbocycles. The summed E-state index contributed by atoms with van der Waals surface area (Å²) >= 11 is 0. The van der Waals surface area contributed by atoms with Crippen LogP contribution in [0.25, 0.3) is 0 Å². The van der Waals surface area contributed by atoms with Crippen molar-refractivity contribution in [1.82, 2.24) is 0 Å². The molecule has 0 aromatic rings. The maximum Gasteiger partial charge on any atom is 0.201 e. The van der Waals surface area contributed by atoms with Crippen LogP contribution in [0.2, 0.25) is 0 Å². The summed E-state index contributed by atoms with van der Waals surface area (Å²) in [6, 6.07) is 0. The lowest BCUT2D eigenvalue weighted by Gasteiger charge is -2.60. The Morgan fingerprint density at radius 3 is 2.45 bits per heavy atom. The maximum atomic E-state index is 10.2. The van der Waals surface area contributed by atoms with Crippen LogP contribution in [0, 0.1) is 23.7 Å². The predicted molar refractivity (Wildman–Crippen MR) is 111 cm³/mol. The van der Waals surface area contributed by atoms with Crippen molar-refractivity contribution in [1.29, 1.82) is 0 Å². The summed E-state index contributed by atoms with van der Waals surface area (Å²) in [5, 5.41) is 39.5. The van der Waals surface area contributed by atoms with Crippen LogP contribution in [0.4, 0.5) is 0 Å². The van der Waals surface area contributed by atoms with E-state index in [1.807, 2.05) is 6.92 Å². The third kappa shape index (κ3) is 3.87. The molecule has 2 unspecified atom stereocenters. The first-order chi connectivity index (χ1) is 15.7. The van der Waals surface area contributed by atoms with E-state index in [-0.39, 0.29) is 24.5 Å². The van der Waals surface area contributed by atoms with Gasteiger partial charge in [0.15, 0.2) is 18.2 Å². The SMILES string of the molecule is C[C@@H]1CCC2[C@@H](C)[C@@H](CCO[C@@H]3O[C@H](CO)[C@@H](O)[C@H](O)[C@H]3O)O[C@@H]3O[C@@]4(C)CCC1[C@@]23OO4. The summed E-state index contributed by atoms with van der Waals surface area (Å²) in [6.45, 7) is 6.07. The van der Waals surface area contributed by atoms with Gasteiger partial charge in [-0.05, 0) is 50.4 Å². The van der Waals surface area contributed by atoms with Crippen LogP contribution in [-0.2, 0) is 28.7 Å². The van der Waals surface area contributed by atoms with Gasteiger partial charge in [0.05, 0.1) is 19.3 Å². The summed E-state index contributed by atoms with van der Waals surface area (Å²) < 4.78 is 24.0. The fourth-order valence-corrected chi connectivity index (χ4v) is 6.81. The summed E-state index contributed by atoms with van der Waals surface area (Å²) in [7, 11) is 0. The van der Waals surface area contributed by atoms with E-state index in [1.54, 1.807) is 0 Å². The quantitative estimate of drug-likeness (QED) is 0.416. The second-order valence-corrected chi connectivity index (χ2v) is 10.8. The Balaban J connectivity index is 1.27. The van der Waals surface area contributed by atoms with Crippen molar-refractivity contribution < 1.29 is 49.1 Å². The molecule has 5 heterocycles. The Hall–Kier alpha value is -0.400. The van der Waals surface area contributed by atoms with E-state index in [4.69, 9.17) is 28.7 Å². The van der Waals surface area contributed by atoms with Gasteiger partial charge >= 0.3 is 0 Å². The van der Waals surface area contributed by atoms with Crippen LogP contribution in [-0.4, -0.2) is 88.1 Å². The van der Waals surface area contributed by atoms with Crippen molar-refractivity contribution in [3.8, 4) is 0 Å². The van der Waals surface area contributed by atoms with Crippen LogP contribution in [0.3, 0.4) is 0 Å². The minimum atomic E-state index is -1.46. The van der Waals surface area contributed by atoms with Crippen molar-refractivity contribution in [2.24, 2.45) is 23.7 Å². The highest BCUT2D eigenvalue weighted by molar-refractivity contribution is 5.09. The second kappa shape index (κ2) is 8.92. The predicted octanol–water partition coefficient (Wildman–Crippen LogP) is 0.444.